The van der Waals surface area contributed by atoms with E-state index in [9.17, 15) is 18.0 Å². The van der Waals surface area contributed by atoms with Gasteiger partial charge in [0, 0.05) is 38.8 Å². The van der Waals surface area contributed by atoms with Gasteiger partial charge in [-0.1, -0.05) is 24.3 Å². The highest BCUT2D eigenvalue weighted by Gasteiger charge is 2.57. The summed E-state index contributed by atoms with van der Waals surface area (Å²) >= 11 is 0. The molecule has 1 aliphatic carbocycles. The van der Waals surface area contributed by atoms with Gasteiger partial charge in [-0.2, -0.15) is 5.26 Å². The lowest BCUT2D eigenvalue weighted by Gasteiger charge is -2.24. The Morgan fingerprint density at radius 3 is 2.42 bits per heavy atom. The lowest BCUT2D eigenvalue weighted by Crippen LogP contribution is -2.41. The third-order valence-corrected chi connectivity index (χ3v) is 10.2. The van der Waals surface area contributed by atoms with Crippen molar-refractivity contribution >= 4 is 26.8 Å². The van der Waals surface area contributed by atoms with Gasteiger partial charge in [0.1, 0.15) is 28.2 Å². The lowest BCUT2D eigenvalue weighted by molar-refractivity contribution is 0.0949. The summed E-state index contributed by atoms with van der Waals surface area (Å²) in [6.07, 6.45) is 2.37. The van der Waals surface area contributed by atoms with Gasteiger partial charge < -0.3 is 19.4 Å². The molecule has 4 aromatic rings. The van der Waals surface area contributed by atoms with Crippen molar-refractivity contribution in [1.29, 1.82) is 5.26 Å². The quantitative estimate of drug-likeness (QED) is 0.276. The van der Waals surface area contributed by atoms with Crippen molar-refractivity contribution in [3.8, 4) is 17.7 Å². The molecule has 12 heteroatoms. The molecule has 0 saturated heterocycles. The zero-order valence-electron chi connectivity index (χ0n) is 24.0. The largest absolute Gasteiger partial charge is 0.497 e. The SMILES string of the molecule is COc1ccc(CN(C)S(=O)(=O)C2(COc3nccc4cc(C(=O)NCc5ccc(C#N)cc5)c(=O)n(C)c34)CC2)cc1. The van der Waals surface area contributed by atoms with Crippen LogP contribution in [0.2, 0.25) is 0 Å². The fourth-order valence-electron chi connectivity index (χ4n) is 4.86. The molecule has 2 aromatic carbocycles. The number of amides is 1. The first-order chi connectivity index (χ1) is 20.6. The number of nitrogens with zero attached hydrogens (tertiary/aromatic N) is 4. The zero-order chi connectivity index (χ0) is 30.8. The molecule has 1 amide bonds. The van der Waals surface area contributed by atoms with Crippen molar-refractivity contribution in [1.82, 2.24) is 19.2 Å². The van der Waals surface area contributed by atoms with E-state index in [1.165, 1.54) is 28.2 Å². The summed E-state index contributed by atoms with van der Waals surface area (Å²) < 4.78 is 39.8. The molecule has 222 valence electrons. The summed E-state index contributed by atoms with van der Waals surface area (Å²) in [5, 5.41) is 12.2. The molecule has 5 rings (SSSR count). The van der Waals surface area contributed by atoms with Crippen molar-refractivity contribution in [2.75, 3.05) is 20.8 Å². The lowest BCUT2D eigenvalue weighted by atomic mass is 10.1. The predicted octanol–water partition coefficient (Wildman–Crippen LogP) is 3.12. The first-order valence-electron chi connectivity index (χ1n) is 13.6. The van der Waals surface area contributed by atoms with Crippen LogP contribution in [-0.4, -0.2) is 53.7 Å². The minimum absolute atomic E-state index is 0.0535. The van der Waals surface area contributed by atoms with Crippen LogP contribution < -0.4 is 20.3 Å². The van der Waals surface area contributed by atoms with Gasteiger partial charge in [-0.15, -0.1) is 0 Å². The van der Waals surface area contributed by atoms with Gasteiger partial charge in [0.2, 0.25) is 15.9 Å². The fraction of sp³-hybridized carbons (Fsp3) is 0.290. The molecule has 1 saturated carbocycles. The fourth-order valence-corrected chi connectivity index (χ4v) is 6.67. The summed E-state index contributed by atoms with van der Waals surface area (Å²) in [4.78, 5) is 30.5. The second-order valence-electron chi connectivity index (χ2n) is 10.5. The highest BCUT2D eigenvalue weighted by Crippen LogP contribution is 2.45. The van der Waals surface area contributed by atoms with Crippen LogP contribution >= 0.6 is 0 Å². The van der Waals surface area contributed by atoms with Gasteiger partial charge >= 0.3 is 0 Å². The number of hydrogen-bond donors (Lipinski definition) is 1. The van der Waals surface area contributed by atoms with Gasteiger partial charge in [-0.3, -0.25) is 9.59 Å². The number of ether oxygens (including phenoxy) is 2. The molecule has 0 atom stereocenters. The van der Waals surface area contributed by atoms with Gasteiger partial charge in [0.05, 0.1) is 18.7 Å². The summed E-state index contributed by atoms with van der Waals surface area (Å²) in [6, 6.07) is 19.2. The molecule has 0 aliphatic heterocycles. The van der Waals surface area contributed by atoms with E-state index in [1.54, 1.807) is 56.6 Å². The van der Waals surface area contributed by atoms with Gasteiger partial charge in [0.15, 0.2) is 0 Å². The van der Waals surface area contributed by atoms with Gasteiger partial charge in [-0.05, 0) is 60.4 Å². The molecule has 11 nitrogen and oxygen atoms in total. The number of methoxy groups -OCH3 is 1. The van der Waals surface area contributed by atoms with E-state index < -0.39 is 26.2 Å². The van der Waals surface area contributed by atoms with Crippen LogP contribution in [0.4, 0.5) is 0 Å². The van der Waals surface area contributed by atoms with E-state index in [0.717, 1.165) is 11.1 Å². The monoisotopic (exact) mass is 601 g/mol. The molecule has 2 aromatic heterocycles. The van der Waals surface area contributed by atoms with Crippen molar-refractivity contribution in [3.63, 3.8) is 0 Å². The molecule has 1 fully saturated rings. The topological polar surface area (TPSA) is 144 Å². The third kappa shape index (κ3) is 5.95. The van der Waals surface area contributed by atoms with Gasteiger partial charge in [-0.25, -0.2) is 17.7 Å². The number of benzene rings is 2. The van der Waals surface area contributed by atoms with E-state index in [1.807, 2.05) is 18.2 Å². The Morgan fingerprint density at radius 2 is 1.79 bits per heavy atom. The molecule has 1 N–H and O–H groups in total. The normalized spacial score (nSPS) is 13.8. The number of carbonyl (C=O) groups is 1. The Kier molecular flexibility index (Phi) is 8.21. The van der Waals surface area contributed by atoms with Crippen LogP contribution in [0.25, 0.3) is 10.9 Å². The molecule has 0 bridgehead atoms. The maximum absolute atomic E-state index is 13.6. The van der Waals surface area contributed by atoms with Crippen LogP contribution in [0.1, 0.15) is 39.9 Å². The third-order valence-electron chi connectivity index (χ3n) is 7.67. The minimum atomic E-state index is -3.72. The van der Waals surface area contributed by atoms with E-state index >= 15 is 0 Å². The van der Waals surface area contributed by atoms with E-state index in [-0.39, 0.29) is 31.1 Å². The first kappa shape index (κ1) is 29.8. The summed E-state index contributed by atoms with van der Waals surface area (Å²) in [5.41, 5.74) is 1.87. The molecular weight excluding hydrogens is 570 g/mol. The molecule has 0 unspecified atom stereocenters. The molecular formula is C31H31N5O6S. The average molecular weight is 602 g/mol. The maximum atomic E-state index is 13.6. The van der Waals surface area contributed by atoms with Crippen molar-refractivity contribution in [2.45, 2.75) is 30.7 Å². The number of sulfonamides is 1. The number of fused-ring (bicyclic) bond motifs is 1. The van der Waals surface area contributed by atoms with Crippen molar-refractivity contribution < 1.29 is 22.7 Å². The van der Waals surface area contributed by atoms with E-state index in [0.29, 0.717) is 35.1 Å². The van der Waals surface area contributed by atoms with Crippen LogP contribution in [0.3, 0.4) is 0 Å². The Bertz CT molecular complexity index is 1880. The summed E-state index contributed by atoms with van der Waals surface area (Å²) in [5.74, 6) is 0.254. The first-order valence-corrected chi connectivity index (χ1v) is 15.0. The Morgan fingerprint density at radius 1 is 1.12 bits per heavy atom. The smallest absolute Gasteiger partial charge is 0.263 e. The summed E-state index contributed by atoms with van der Waals surface area (Å²) in [6.45, 7) is 0.250. The van der Waals surface area contributed by atoms with E-state index in [2.05, 4.69) is 10.3 Å². The van der Waals surface area contributed by atoms with Crippen molar-refractivity contribution in [3.05, 3.63) is 99.5 Å². The molecule has 2 heterocycles. The van der Waals surface area contributed by atoms with Crippen LogP contribution in [-0.2, 0) is 30.2 Å². The zero-order valence-corrected chi connectivity index (χ0v) is 24.8. The number of aryl methyl sites for hydroxylation is 1. The predicted molar refractivity (Wildman–Crippen MR) is 160 cm³/mol. The number of carbonyl (C=O) groups excluding carboxylic acids is 1. The molecule has 1 aliphatic rings. The second-order valence-corrected chi connectivity index (χ2v) is 13.0. The number of hydrogen-bond acceptors (Lipinski definition) is 8. The van der Waals surface area contributed by atoms with Crippen LogP contribution in [0, 0.1) is 11.3 Å². The number of pyridine rings is 2. The molecule has 0 radical (unpaired) electrons. The van der Waals surface area contributed by atoms with E-state index in [4.69, 9.17) is 14.7 Å². The van der Waals surface area contributed by atoms with Crippen LogP contribution in [0.15, 0.2) is 71.7 Å². The van der Waals surface area contributed by atoms with Gasteiger partial charge in [0.25, 0.3) is 11.5 Å². The highest BCUT2D eigenvalue weighted by molar-refractivity contribution is 7.90. The number of nitriles is 1. The standard InChI is InChI=1S/C31H31N5O6S/c1-35(19-23-8-10-25(41-3)11-9-23)43(39,40)31(13-14-31)20-42-29-27-24(12-15-33-29)16-26(30(38)36(27)2)28(37)34-18-22-6-4-21(17-32)5-7-22/h4-12,15-16H,13-14,18-20H2,1-3H3,(H,34,37). The molecule has 0 spiro atoms. The Balaban J connectivity index is 1.31. The Labute approximate surface area is 249 Å². The van der Waals surface area contributed by atoms with Crippen LogP contribution in [0.5, 0.6) is 11.6 Å². The van der Waals surface area contributed by atoms with Crippen molar-refractivity contribution in [2.24, 2.45) is 7.05 Å². The number of nitrogens with one attached hydrogen (secondary N) is 1. The average Bonchev–Trinajstić information content (AvgIpc) is 3.83. The second kappa shape index (κ2) is 11.9. The highest BCUT2D eigenvalue weighted by atomic mass is 32.2. The summed E-state index contributed by atoms with van der Waals surface area (Å²) in [7, 11) is 0.915. The Hall–Kier alpha value is -4.73. The maximum Gasteiger partial charge on any atom is 0.263 e. The number of aromatic nitrogens is 2. The number of rotatable bonds is 11. The minimum Gasteiger partial charge on any atom is -0.497 e. The molecule has 43 heavy (non-hydrogen) atoms.